The van der Waals surface area contributed by atoms with Gasteiger partial charge in [0, 0.05) is 39.0 Å². The molecule has 0 aliphatic rings. The van der Waals surface area contributed by atoms with E-state index < -0.39 is 0 Å². The molecule has 0 fully saturated rings. The maximum atomic E-state index is 11.9. The number of nitrogens with one attached hydrogen (secondary N) is 2. The maximum Gasteiger partial charge on any atom is 0.229 e. The molecular weight excluding hydrogens is 504 g/mol. The van der Waals surface area contributed by atoms with Crippen LogP contribution in [-0.4, -0.2) is 63.9 Å². The van der Waals surface area contributed by atoms with Crippen molar-refractivity contribution in [3.63, 3.8) is 0 Å². The van der Waals surface area contributed by atoms with E-state index in [1.165, 1.54) is 4.90 Å². The second kappa shape index (κ2) is 13.2. The van der Waals surface area contributed by atoms with Crippen LogP contribution in [0.15, 0.2) is 0 Å². The van der Waals surface area contributed by atoms with Crippen LogP contribution in [0.2, 0.25) is 0 Å². The first-order valence-electron chi connectivity index (χ1n) is 6.33. The van der Waals surface area contributed by atoms with Crippen LogP contribution in [0.25, 0.3) is 0 Å². The molecule has 0 aromatic carbocycles. The van der Waals surface area contributed by atoms with Gasteiger partial charge < -0.3 is 15.5 Å². The van der Waals surface area contributed by atoms with Crippen molar-refractivity contribution in [1.82, 2.24) is 15.5 Å². The molecule has 9 heteroatoms. The van der Waals surface area contributed by atoms with Gasteiger partial charge in [-0.3, -0.25) is 19.2 Å². The Labute approximate surface area is 151 Å². The molecule has 119 valence electrons. The number of hydrogen-bond acceptors (Lipinski definition) is 4. The summed E-state index contributed by atoms with van der Waals surface area (Å²) in [5.74, 6) is -0.379. The summed E-state index contributed by atoms with van der Waals surface area (Å²) in [7, 11) is 0. The zero-order valence-corrected chi connectivity index (χ0v) is 15.8. The smallest absolute Gasteiger partial charge is 0.229 e. The van der Waals surface area contributed by atoms with Gasteiger partial charge in [0.15, 0.2) is 6.29 Å². The summed E-state index contributed by atoms with van der Waals surface area (Å²) in [4.78, 5) is 45.9. The Morgan fingerprint density at radius 1 is 0.952 bits per heavy atom. The number of rotatable bonds is 11. The van der Waals surface area contributed by atoms with E-state index in [0.29, 0.717) is 35.0 Å². The standard InChI is InChI=1S/C12H18I2N3O4/c13-8-10(19)15-3-5-17(12(21)2-1-7-18)6-4-16-11(20)9-14/h1-6,8-9H2,(H,15,19)(H,16,20). The van der Waals surface area contributed by atoms with E-state index in [-0.39, 0.29) is 30.6 Å². The Bertz CT molecular complexity index is 344. The predicted molar refractivity (Wildman–Crippen MR) is 95.3 cm³/mol. The molecule has 0 aromatic rings. The van der Waals surface area contributed by atoms with Crippen LogP contribution in [0.3, 0.4) is 0 Å². The fraction of sp³-hybridized carbons (Fsp3) is 0.667. The maximum absolute atomic E-state index is 11.9. The molecule has 0 saturated heterocycles. The Kier molecular flexibility index (Phi) is 12.9. The molecule has 0 spiro atoms. The van der Waals surface area contributed by atoms with E-state index in [0.717, 1.165) is 0 Å². The van der Waals surface area contributed by atoms with Gasteiger partial charge in [-0.15, -0.1) is 0 Å². The first kappa shape index (κ1) is 20.5. The van der Waals surface area contributed by atoms with Crippen molar-refractivity contribution in [3.8, 4) is 0 Å². The topological polar surface area (TPSA) is 95.6 Å². The molecule has 0 unspecified atom stereocenters. The number of amides is 3. The van der Waals surface area contributed by atoms with Crippen LogP contribution in [0.4, 0.5) is 0 Å². The number of halogens is 2. The first-order valence-corrected chi connectivity index (χ1v) is 9.38. The monoisotopic (exact) mass is 522 g/mol. The molecule has 0 heterocycles. The van der Waals surface area contributed by atoms with Gasteiger partial charge in [-0.1, -0.05) is 45.2 Å². The second-order valence-electron chi connectivity index (χ2n) is 3.99. The summed E-state index contributed by atoms with van der Waals surface area (Å²) in [5.41, 5.74) is 0. The van der Waals surface area contributed by atoms with E-state index in [4.69, 9.17) is 0 Å². The molecule has 2 N–H and O–H groups in total. The van der Waals surface area contributed by atoms with Crippen LogP contribution in [0.1, 0.15) is 12.8 Å². The van der Waals surface area contributed by atoms with Crippen molar-refractivity contribution in [1.29, 1.82) is 0 Å². The highest BCUT2D eigenvalue weighted by molar-refractivity contribution is 14.1. The van der Waals surface area contributed by atoms with Crippen molar-refractivity contribution in [3.05, 3.63) is 0 Å². The minimum Gasteiger partial charge on any atom is -0.354 e. The fourth-order valence-electron chi connectivity index (χ4n) is 1.43. The van der Waals surface area contributed by atoms with Crippen molar-refractivity contribution >= 4 is 69.2 Å². The zero-order chi connectivity index (χ0) is 16.1. The summed E-state index contributed by atoms with van der Waals surface area (Å²) < 4.78 is 0.717. The number of carbonyl (C=O) groups excluding carboxylic acids is 4. The van der Waals surface area contributed by atoms with Gasteiger partial charge in [-0.2, -0.15) is 0 Å². The van der Waals surface area contributed by atoms with Crippen LogP contribution >= 0.6 is 45.2 Å². The largest absolute Gasteiger partial charge is 0.354 e. The first-order chi connectivity index (χ1) is 10.0. The van der Waals surface area contributed by atoms with Gasteiger partial charge in [0.1, 0.15) is 0 Å². The van der Waals surface area contributed by atoms with Crippen LogP contribution < -0.4 is 10.6 Å². The average molecular weight is 522 g/mol. The Morgan fingerprint density at radius 3 is 1.81 bits per heavy atom. The third-order valence-electron chi connectivity index (χ3n) is 2.44. The highest BCUT2D eigenvalue weighted by Crippen LogP contribution is 1.96. The van der Waals surface area contributed by atoms with Crippen LogP contribution in [0.5, 0.6) is 0 Å². The summed E-state index contributed by atoms with van der Waals surface area (Å²) in [6.45, 7) is 1.39. The van der Waals surface area contributed by atoms with Crippen molar-refractivity contribution in [2.45, 2.75) is 12.8 Å². The fourth-order valence-corrected chi connectivity index (χ4v) is 1.97. The molecule has 0 rings (SSSR count). The summed E-state index contributed by atoms with van der Waals surface area (Å²) in [6, 6.07) is 0. The van der Waals surface area contributed by atoms with E-state index in [2.05, 4.69) is 10.6 Å². The van der Waals surface area contributed by atoms with E-state index in [1.807, 2.05) is 45.2 Å². The van der Waals surface area contributed by atoms with Crippen molar-refractivity contribution < 1.29 is 19.2 Å². The minimum atomic E-state index is -0.189. The highest BCUT2D eigenvalue weighted by Gasteiger charge is 2.13. The SMILES string of the molecule is O=[C]CCC(=O)N(CCNC(=O)CI)CCNC(=O)CI. The number of nitrogens with zero attached hydrogens (tertiary/aromatic N) is 1. The van der Waals surface area contributed by atoms with Gasteiger partial charge >= 0.3 is 0 Å². The van der Waals surface area contributed by atoms with E-state index in [1.54, 1.807) is 6.29 Å². The second-order valence-corrected chi connectivity index (χ2v) is 5.52. The molecule has 1 radical (unpaired) electrons. The molecule has 0 bridgehead atoms. The Balaban J connectivity index is 4.25. The van der Waals surface area contributed by atoms with E-state index >= 15 is 0 Å². The minimum absolute atomic E-state index is 0.0511. The van der Waals surface area contributed by atoms with Gasteiger partial charge in [0.25, 0.3) is 0 Å². The summed E-state index contributed by atoms with van der Waals surface area (Å²) in [6.07, 6.45) is 1.82. The quantitative estimate of drug-likeness (QED) is 0.291. The van der Waals surface area contributed by atoms with Gasteiger partial charge in [0.05, 0.1) is 8.86 Å². The average Bonchev–Trinajstić information content (AvgIpc) is 2.50. The van der Waals surface area contributed by atoms with Crippen LogP contribution in [0, 0.1) is 0 Å². The third-order valence-corrected chi connectivity index (χ3v) is 3.83. The van der Waals surface area contributed by atoms with Crippen molar-refractivity contribution in [2.24, 2.45) is 0 Å². The lowest BCUT2D eigenvalue weighted by molar-refractivity contribution is -0.131. The lowest BCUT2D eigenvalue weighted by atomic mass is 10.3. The molecule has 21 heavy (non-hydrogen) atoms. The predicted octanol–water partition coefficient (Wildman–Crippen LogP) is -0.193. The summed E-state index contributed by atoms with van der Waals surface area (Å²) >= 11 is 3.90. The Morgan fingerprint density at radius 2 is 1.43 bits per heavy atom. The third kappa shape index (κ3) is 10.8. The zero-order valence-electron chi connectivity index (χ0n) is 11.5. The van der Waals surface area contributed by atoms with Gasteiger partial charge in [-0.25, -0.2) is 0 Å². The molecular formula is C12H18I2N3O4. The Hall–Kier alpha value is -0.460. The molecule has 7 nitrogen and oxygen atoms in total. The summed E-state index contributed by atoms with van der Waals surface area (Å²) in [5, 5.41) is 5.36. The normalized spacial score (nSPS) is 9.81. The van der Waals surface area contributed by atoms with Gasteiger partial charge in [-0.05, 0) is 0 Å². The molecule has 0 saturated carbocycles. The number of hydrogen-bond donors (Lipinski definition) is 2. The molecule has 0 aromatic heterocycles. The van der Waals surface area contributed by atoms with Crippen LogP contribution in [-0.2, 0) is 19.2 Å². The molecule has 3 amide bonds. The van der Waals surface area contributed by atoms with Gasteiger partial charge in [0.2, 0.25) is 17.7 Å². The molecule has 0 atom stereocenters. The highest BCUT2D eigenvalue weighted by atomic mass is 127. The molecule has 0 aliphatic heterocycles. The van der Waals surface area contributed by atoms with E-state index in [9.17, 15) is 19.2 Å². The lowest BCUT2D eigenvalue weighted by Gasteiger charge is -2.22. The number of alkyl halides is 2. The van der Waals surface area contributed by atoms with Crippen molar-refractivity contribution in [2.75, 3.05) is 35.0 Å². The lowest BCUT2D eigenvalue weighted by Crippen LogP contribution is -2.43. The number of carbonyl (C=O) groups is 3. The molecule has 0 aliphatic carbocycles.